The van der Waals surface area contributed by atoms with Crippen LogP contribution in [0.5, 0.6) is 5.75 Å². The van der Waals surface area contributed by atoms with Gasteiger partial charge in [0.1, 0.15) is 11.8 Å². The summed E-state index contributed by atoms with van der Waals surface area (Å²) in [6.07, 6.45) is 2.42. The van der Waals surface area contributed by atoms with Gasteiger partial charge in [-0.3, -0.25) is 10.1 Å². The number of halogens is 1. The van der Waals surface area contributed by atoms with Crippen LogP contribution in [0.25, 0.3) is 5.70 Å². The molecule has 7 nitrogen and oxygen atoms in total. The molecule has 0 saturated carbocycles. The predicted molar refractivity (Wildman–Crippen MR) is 113 cm³/mol. The van der Waals surface area contributed by atoms with Gasteiger partial charge < -0.3 is 10.1 Å². The minimum Gasteiger partial charge on any atom is -0.497 e. The predicted octanol–water partition coefficient (Wildman–Crippen LogP) is 4.34. The molecule has 29 heavy (non-hydrogen) atoms. The van der Waals surface area contributed by atoms with Crippen molar-refractivity contribution in [1.82, 2.24) is 14.8 Å². The van der Waals surface area contributed by atoms with Gasteiger partial charge in [0.15, 0.2) is 0 Å². The van der Waals surface area contributed by atoms with Crippen molar-refractivity contribution >= 4 is 35.1 Å². The maximum absolute atomic E-state index is 11.8. The second-order valence-electron chi connectivity index (χ2n) is 6.54. The highest BCUT2D eigenvalue weighted by molar-refractivity contribution is 6.30. The molecule has 0 saturated heterocycles. The van der Waals surface area contributed by atoms with Crippen molar-refractivity contribution in [2.45, 2.75) is 19.4 Å². The van der Waals surface area contributed by atoms with Crippen molar-refractivity contribution in [3.05, 3.63) is 70.8 Å². The van der Waals surface area contributed by atoms with E-state index in [1.165, 1.54) is 0 Å². The van der Waals surface area contributed by atoms with E-state index in [0.717, 1.165) is 22.6 Å². The standard InChI is InChI=1S/C21H20ClN5O2/c1-3-19(28)24-20-25-21-23-17(13-4-8-15(22)9-5-13)12-18(27(21)26-20)14-6-10-16(29-2)11-7-14/h4-12,18H,3H2,1-2H3,(H2,23,24,25,26,28)/t18-/m1/s1. The Labute approximate surface area is 173 Å². The molecule has 3 aromatic rings. The van der Waals surface area contributed by atoms with Crippen LogP contribution in [0, 0.1) is 0 Å². The lowest BCUT2D eigenvalue weighted by Crippen LogP contribution is -2.20. The van der Waals surface area contributed by atoms with E-state index in [1.54, 1.807) is 18.7 Å². The van der Waals surface area contributed by atoms with Gasteiger partial charge in [0.05, 0.1) is 7.11 Å². The molecule has 0 bridgehead atoms. The number of methoxy groups -OCH3 is 1. The van der Waals surface area contributed by atoms with Crippen LogP contribution in [0.2, 0.25) is 5.02 Å². The fourth-order valence-corrected chi connectivity index (χ4v) is 3.22. The molecule has 0 unspecified atom stereocenters. The fourth-order valence-electron chi connectivity index (χ4n) is 3.10. The number of carbonyl (C=O) groups is 1. The van der Waals surface area contributed by atoms with Gasteiger partial charge >= 0.3 is 0 Å². The fraction of sp³-hybridized carbons (Fsp3) is 0.190. The van der Waals surface area contributed by atoms with Crippen molar-refractivity contribution in [2.24, 2.45) is 0 Å². The first kappa shape index (κ1) is 19.0. The maximum Gasteiger partial charge on any atom is 0.250 e. The molecule has 1 aliphatic rings. The second kappa shape index (κ2) is 7.97. The van der Waals surface area contributed by atoms with Gasteiger partial charge in [-0.25, -0.2) is 4.68 Å². The molecule has 1 aromatic heterocycles. The molecule has 2 N–H and O–H groups in total. The number of benzene rings is 2. The summed E-state index contributed by atoms with van der Waals surface area (Å²) in [4.78, 5) is 16.2. The number of hydrogen-bond donors (Lipinski definition) is 2. The molecule has 1 atom stereocenters. The summed E-state index contributed by atoms with van der Waals surface area (Å²) in [5, 5.41) is 11.2. The molecular formula is C21H20ClN5O2. The Morgan fingerprint density at radius 1 is 1.21 bits per heavy atom. The van der Waals surface area contributed by atoms with E-state index in [2.05, 4.69) is 26.8 Å². The average Bonchev–Trinajstić information content (AvgIpc) is 3.15. The highest BCUT2D eigenvalue weighted by Crippen LogP contribution is 2.34. The van der Waals surface area contributed by atoms with Crippen molar-refractivity contribution in [3.63, 3.8) is 0 Å². The van der Waals surface area contributed by atoms with Gasteiger partial charge in [-0.15, -0.1) is 5.10 Å². The monoisotopic (exact) mass is 409 g/mol. The minimum atomic E-state index is -0.206. The zero-order chi connectivity index (χ0) is 20.4. The third-order valence-corrected chi connectivity index (χ3v) is 4.90. The topological polar surface area (TPSA) is 81.1 Å². The summed E-state index contributed by atoms with van der Waals surface area (Å²) >= 11 is 6.03. The Kier molecular flexibility index (Phi) is 5.22. The second-order valence-corrected chi connectivity index (χ2v) is 6.97. The highest BCUT2D eigenvalue weighted by Gasteiger charge is 2.25. The zero-order valence-electron chi connectivity index (χ0n) is 16.0. The highest BCUT2D eigenvalue weighted by atomic mass is 35.5. The molecular weight excluding hydrogens is 390 g/mol. The van der Waals surface area contributed by atoms with Crippen LogP contribution in [0.4, 0.5) is 11.9 Å². The molecule has 1 amide bonds. The van der Waals surface area contributed by atoms with Gasteiger partial charge in [-0.2, -0.15) is 4.98 Å². The van der Waals surface area contributed by atoms with Crippen LogP contribution in [0.3, 0.4) is 0 Å². The van der Waals surface area contributed by atoms with Gasteiger partial charge in [0.25, 0.3) is 5.95 Å². The Hall–Kier alpha value is -3.32. The molecule has 8 heteroatoms. The van der Waals surface area contributed by atoms with Gasteiger partial charge in [-0.05, 0) is 41.5 Å². The first-order valence-corrected chi connectivity index (χ1v) is 9.60. The summed E-state index contributed by atoms with van der Waals surface area (Å²) < 4.78 is 7.02. The number of fused-ring (bicyclic) bond motifs is 1. The van der Waals surface area contributed by atoms with Crippen molar-refractivity contribution in [3.8, 4) is 5.75 Å². The average molecular weight is 410 g/mol. The molecule has 2 heterocycles. The van der Waals surface area contributed by atoms with E-state index in [-0.39, 0.29) is 17.9 Å². The van der Waals surface area contributed by atoms with Crippen molar-refractivity contribution in [1.29, 1.82) is 0 Å². The first-order valence-electron chi connectivity index (χ1n) is 9.22. The Morgan fingerprint density at radius 2 is 1.93 bits per heavy atom. The molecule has 4 rings (SSSR count). The van der Waals surface area contributed by atoms with Gasteiger partial charge in [0, 0.05) is 17.1 Å². The number of nitrogens with zero attached hydrogens (tertiary/aromatic N) is 3. The molecule has 0 spiro atoms. The lowest BCUT2D eigenvalue weighted by atomic mass is 10.0. The minimum absolute atomic E-state index is 0.139. The number of allylic oxidation sites excluding steroid dienone is 1. The van der Waals surface area contributed by atoms with Crippen molar-refractivity contribution in [2.75, 3.05) is 17.7 Å². The molecule has 1 aliphatic heterocycles. The first-order chi connectivity index (χ1) is 14.1. The van der Waals surface area contributed by atoms with E-state index in [0.29, 0.717) is 17.4 Å². The quantitative estimate of drug-likeness (QED) is 0.655. The molecule has 0 aliphatic carbocycles. The number of carbonyl (C=O) groups excluding carboxylic acids is 1. The Balaban J connectivity index is 1.76. The number of hydrogen-bond acceptors (Lipinski definition) is 5. The van der Waals surface area contributed by atoms with E-state index < -0.39 is 0 Å². The molecule has 0 fully saturated rings. The lowest BCUT2D eigenvalue weighted by molar-refractivity contribution is -0.115. The zero-order valence-corrected chi connectivity index (χ0v) is 16.8. The van der Waals surface area contributed by atoms with E-state index in [9.17, 15) is 4.79 Å². The van der Waals surface area contributed by atoms with Gasteiger partial charge in [-0.1, -0.05) is 42.8 Å². The largest absolute Gasteiger partial charge is 0.497 e. The van der Waals surface area contributed by atoms with E-state index in [4.69, 9.17) is 16.3 Å². The van der Waals surface area contributed by atoms with Crippen LogP contribution < -0.4 is 15.4 Å². The summed E-state index contributed by atoms with van der Waals surface area (Å²) in [5.41, 5.74) is 2.87. The smallest absolute Gasteiger partial charge is 0.250 e. The third kappa shape index (κ3) is 3.95. The number of rotatable bonds is 5. The summed E-state index contributed by atoms with van der Waals surface area (Å²) in [6, 6.07) is 15.1. The lowest BCUT2D eigenvalue weighted by Gasteiger charge is -2.24. The summed E-state index contributed by atoms with van der Waals surface area (Å²) in [5.74, 6) is 1.45. The Bertz CT molecular complexity index is 1060. The molecule has 0 radical (unpaired) electrons. The van der Waals surface area contributed by atoms with Crippen LogP contribution in [-0.2, 0) is 4.79 Å². The van der Waals surface area contributed by atoms with E-state index in [1.807, 2.05) is 48.5 Å². The maximum atomic E-state index is 11.8. The van der Waals surface area contributed by atoms with Crippen LogP contribution in [0.15, 0.2) is 54.6 Å². The normalized spacial score (nSPS) is 15.1. The van der Waals surface area contributed by atoms with Crippen LogP contribution in [0.1, 0.15) is 30.5 Å². The van der Waals surface area contributed by atoms with Crippen LogP contribution in [-0.4, -0.2) is 27.8 Å². The summed E-state index contributed by atoms with van der Waals surface area (Å²) in [6.45, 7) is 1.78. The molecule has 2 aromatic carbocycles. The van der Waals surface area contributed by atoms with E-state index >= 15 is 0 Å². The number of nitrogens with one attached hydrogen (secondary N) is 2. The Morgan fingerprint density at radius 3 is 2.59 bits per heavy atom. The number of aromatic nitrogens is 3. The van der Waals surface area contributed by atoms with Crippen LogP contribution >= 0.6 is 11.6 Å². The molecule has 148 valence electrons. The third-order valence-electron chi connectivity index (χ3n) is 4.65. The summed E-state index contributed by atoms with van der Waals surface area (Å²) in [7, 11) is 1.64. The van der Waals surface area contributed by atoms with Gasteiger partial charge in [0.2, 0.25) is 11.9 Å². The number of amides is 1. The van der Waals surface area contributed by atoms with Crippen molar-refractivity contribution < 1.29 is 9.53 Å². The number of anilines is 2. The number of ether oxygens (including phenoxy) is 1. The SMILES string of the molecule is CCC(=O)Nc1nc2n(n1)[C@@H](c1ccc(OC)cc1)C=C(c1ccc(Cl)cc1)N2.